The number of fused-ring (bicyclic) bond motifs is 1. The smallest absolute Gasteiger partial charge is 0.342 e. The van der Waals surface area contributed by atoms with Gasteiger partial charge in [-0.1, -0.05) is 11.6 Å². The van der Waals surface area contributed by atoms with Crippen molar-refractivity contribution >= 4 is 11.9 Å². The molecule has 2 aliphatic heterocycles. The maximum Gasteiger partial charge on any atom is 0.342 e. The monoisotopic (exact) mass is 482 g/mol. The summed E-state index contributed by atoms with van der Waals surface area (Å²) >= 11 is 0. The molecular weight excluding hydrogens is 452 g/mol. The summed E-state index contributed by atoms with van der Waals surface area (Å²) in [6.07, 6.45) is -5.31. The van der Waals surface area contributed by atoms with Crippen LogP contribution in [0, 0.1) is 6.92 Å². The summed E-state index contributed by atoms with van der Waals surface area (Å²) in [5.74, 6) is -1.03. The van der Waals surface area contributed by atoms with Gasteiger partial charge in [-0.2, -0.15) is 0 Å². The largest absolute Gasteiger partial charge is 0.507 e. The quantitative estimate of drug-likeness (QED) is 0.249. The highest BCUT2D eigenvalue weighted by Crippen LogP contribution is 2.42. The maximum atomic E-state index is 12.2. The Labute approximate surface area is 196 Å². The molecule has 0 spiro atoms. The van der Waals surface area contributed by atoms with E-state index in [-0.39, 0.29) is 37.2 Å². The summed E-state index contributed by atoms with van der Waals surface area (Å²) in [6, 6.07) is 0. The van der Waals surface area contributed by atoms with Crippen molar-refractivity contribution in [3.63, 3.8) is 0 Å². The number of phenolic OH excluding ortho intramolecular Hbond substituents is 1. The number of cyclic esters (lactones) is 1. The van der Waals surface area contributed by atoms with E-state index in [0.717, 1.165) is 5.57 Å². The number of phenols is 1. The predicted molar refractivity (Wildman–Crippen MR) is 115 cm³/mol. The second-order valence-electron chi connectivity index (χ2n) is 8.36. The number of methoxy groups -OCH3 is 1. The zero-order valence-corrected chi connectivity index (χ0v) is 19.2. The van der Waals surface area contributed by atoms with Gasteiger partial charge in [-0.15, -0.1) is 0 Å². The zero-order chi connectivity index (χ0) is 25.2. The topological polar surface area (TPSA) is 172 Å². The Hall–Kier alpha value is -2.70. The van der Waals surface area contributed by atoms with E-state index in [1.165, 1.54) is 7.11 Å². The average molecular weight is 482 g/mol. The van der Waals surface area contributed by atoms with Gasteiger partial charge in [0.2, 0.25) is 6.29 Å². The van der Waals surface area contributed by atoms with E-state index < -0.39 is 49.3 Å². The normalized spacial score (nSPS) is 26.7. The lowest BCUT2D eigenvalue weighted by molar-refractivity contribution is -0.292. The first-order valence-electron chi connectivity index (χ1n) is 10.8. The van der Waals surface area contributed by atoms with Crippen LogP contribution < -0.4 is 4.74 Å². The van der Waals surface area contributed by atoms with Crippen molar-refractivity contribution in [1.82, 2.24) is 0 Å². The Kier molecular flexibility index (Phi) is 8.16. The third kappa shape index (κ3) is 5.03. The molecule has 0 aliphatic carbocycles. The highest BCUT2D eigenvalue weighted by atomic mass is 16.7. The summed E-state index contributed by atoms with van der Waals surface area (Å²) in [7, 11) is 1.47. The average Bonchev–Trinajstić information content (AvgIpc) is 3.21. The minimum absolute atomic E-state index is 0.0734. The summed E-state index contributed by atoms with van der Waals surface area (Å²) in [5.41, 5.74) is 2.67. The van der Waals surface area contributed by atoms with E-state index in [1.54, 1.807) is 19.9 Å². The van der Waals surface area contributed by atoms with Crippen LogP contribution in [0.5, 0.6) is 11.5 Å². The van der Waals surface area contributed by atoms with E-state index in [4.69, 9.17) is 18.9 Å². The molecule has 5 N–H and O–H groups in total. The van der Waals surface area contributed by atoms with Gasteiger partial charge in [-0.25, -0.2) is 4.79 Å². The Bertz CT molecular complexity index is 968. The fourth-order valence-electron chi connectivity index (χ4n) is 4.06. The Morgan fingerprint density at radius 1 is 1.18 bits per heavy atom. The lowest BCUT2D eigenvalue weighted by atomic mass is 9.94. The molecule has 0 saturated carbocycles. The molecule has 0 aromatic heterocycles. The van der Waals surface area contributed by atoms with Crippen LogP contribution in [-0.4, -0.2) is 81.9 Å². The van der Waals surface area contributed by atoms with Gasteiger partial charge in [0.15, 0.2) is 0 Å². The van der Waals surface area contributed by atoms with E-state index >= 15 is 0 Å². The van der Waals surface area contributed by atoms with Gasteiger partial charge in [0.05, 0.1) is 13.7 Å². The van der Waals surface area contributed by atoms with Gasteiger partial charge in [-0.05, 0) is 32.3 Å². The van der Waals surface area contributed by atoms with Crippen molar-refractivity contribution in [2.24, 2.45) is 0 Å². The second-order valence-corrected chi connectivity index (χ2v) is 8.36. The predicted octanol–water partition coefficient (Wildman–Crippen LogP) is -0.00828. The summed E-state index contributed by atoms with van der Waals surface area (Å²) in [4.78, 5) is 24.2. The Morgan fingerprint density at radius 2 is 1.88 bits per heavy atom. The van der Waals surface area contributed by atoms with Crippen LogP contribution in [0.4, 0.5) is 0 Å². The van der Waals surface area contributed by atoms with Crippen molar-refractivity contribution in [3.05, 3.63) is 33.9 Å². The highest BCUT2D eigenvalue weighted by molar-refractivity contribution is 5.98. The molecule has 0 bridgehead atoms. The lowest BCUT2D eigenvalue weighted by Gasteiger charge is -2.39. The first-order valence-corrected chi connectivity index (χ1v) is 10.8. The minimum atomic E-state index is -1.66. The van der Waals surface area contributed by atoms with Gasteiger partial charge in [0.1, 0.15) is 48.1 Å². The third-order valence-corrected chi connectivity index (χ3v) is 6.12. The zero-order valence-electron chi connectivity index (χ0n) is 19.2. The molecule has 11 nitrogen and oxygen atoms in total. The van der Waals surface area contributed by atoms with Crippen LogP contribution in [0.1, 0.15) is 46.8 Å². The molecule has 188 valence electrons. The van der Waals surface area contributed by atoms with Crippen LogP contribution in [0.25, 0.3) is 0 Å². The van der Waals surface area contributed by atoms with E-state index in [0.29, 0.717) is 22.4 Å². The molecule has 2 unspecified atom stereocenters. The standard InChI is InChI=1S/C23H30O11/c1-10(5-7-15(25)34-23-20(29)19(28)18(27)14(8-24)33-23)4-6-12-17(26)16-13(9-32-22(16)30)11(2)21(12)31-3/h4,14,18-20,23-24,26-29H,5-9H2,1-3H3/t14?,18-,19+,20?,23+/m1/s1. The molecule has 3 rings (SSSR count). The first kappa shape index (κ1) is 25.9. The van der Waals surface area contributed by atoms with Crippen LogP contribution >= 0.6 is 0 Å². The number of aliphatic hydroxyl groups is 4. The molecule has 11 heteroatoms. The number of esters is 2. The summed E-state index contributed by atoms with van der Waals surface area (Å²) in [6.45, 7) is 3.01. The van der Waals surface area contributed by atoms with Crippen molar-refractivity contribution in [2.75, 3.05) is 13.7 Å². The number of ether oxygens (including phenoxy) is 4. The van der Waals surface area contributed by atoms with Gasteiger partial charge in [-0.3, -0.25) is 4.79 Å². The number of carbonyl (C=O) groups is 2. The van der Waals surface area contributed by atoms with Gasteiger partial charge in [0, 0.05) is 17.5 Å². The maximum absolute atomic E-state index is 12.2. The Balaban J connectivity index is 1.62. The van der Waals surface area contributed by atoms with Crippen molar-refractivity contribution in [3.8, 4) is 11.5 Å². The fourth-order valence-corrected chi connectivity index (χ4v) is 4.06. The van der Waals surface area contributed by atoms with Gasteiger partial charge in [0.25, 0.3) is 0 Å². The summed E-state index contributed by atoms with van der Waals surface area (Å²) < 4.78 is 20.7. The molecule has 1 aromatic carbocycles. The van der Waals surface area contributed by atoms with Crippen LogP contribution in [0.15, 0.2) is 11.6 Å². The molecule has 5 atom stereocenters. The number of aromatic hydroxyl groups is 1. The molecule has 34 heavy (non-hydrogen) atoms. The number of hydrogen-bond donors (Lipinski definition) is 5. The number of carbonyl (C=O) groups excluding carboxylic acids is 2. The van der Waals surface area contributed by atoms with Crippen molar-refractivity contribution < 1.29 is 54.1 Å². The number of rotatable bonds is 8. The molecule has 1 aromatic rings. The SMILES string of the molecule is COc1c(C)c2c(c(O)c1CC=C(C)CCC(=O)O[C@@H]1OC(CO)[C@@H](O)[C@H](O)C1O)C(=O)OC2. The van der Waals surface area contributed by atoms with Crippen LogP contribution in [0.2, 0.25) is 0 Å². The van der Waals surface area contributed by atoms with Crippen molar-refractivity contribution in [2.45, 2.75) is 70.4 Å². The van der Waals surface area contributed by atoms with E-state index in [2.05, 4.69) is 0 Å². The van der Waals surface area contributed by atoms with Gasteiger partial charge < -0.3 is 44.5 Å². The Morgan fingerprint density at radius 3 is 2.53 bits per heavy atom. The number of aliphatic hydroxyl groups excluding tert-OH is 4. The molecule has 2 aliphatic rings. The number of allylic oxidation sites excluding steroid dienone is 2. The molecule has 0 amide bonds. The summed E-state index contributed by atoms with van der Waals surface area (Å²) in [5, 5.41) is 49.4. The van der Waals surface area contributed by atoms with E-state index in [9.17, 15) is 35.1 Å². The molecule has 2 heterocycles. The van der Waals surface area contributed by atoms with Crippen LogP contribution in [-0.2, 0) is 32.0 Å². The fraction of sp³-hybridized carbons (Fsp3) is 0.565. The molecule has 0 radical (unpaired) electrons. The molecular formula is C23H30O11. The van der Waals surface area contributed by atoms with Crippen LogP contribution in [0.3, 0.4) is 0 Å². The van der Waals surface area contributed by atoms with Gasteiger partial charge >= 0.3 is 11.9 Å². The lowest BCUT2D eigenvalue weighted by Crippen LogP contribution is -2.59. The van der Waals surface area contributed by atoms with Crippen molar-refractivity contribution in [1.29, 1.82) is 0 Å². The second kappa shape index (κ2) is 10.7. The van der Waals surface area contributed by atoms with E-state index in [1.807, 2.05) is 0 Å². The third-order valence-electron chi connectivity index (χ3n) is 6.12. The number of benzene rings is 1. The minimum Gasteiger partial charge on any atom is -0.507 e. The molecule has 1 fully saturated rings. The first-order chi connectivity index (χ1) is 16.1. The molecule has 1 saturated heterocycles. The highest BCUT2D eigenvalue weighted by Gasteiger charge is 2.45. The number of hydrogen-bond acceptors (Lipinski definition) is 11.